The molecule has 0 radical (unpaired) electrons. The standard InChI is InChI=1S/C10H11BrF3NO2/c11-8-3-1-2-7(4-15)9(8)17-6-16-5-10(12,13)14/h1-3H,4-6,15H2. The molecule has 1 aromatic rings. The molecule has 0 aromatic heterocycles. The fourth-order valence-electron chi connectivity index (χ4n) is 1.13. The summed E-state index contributed by atoms with van der Waals surface area (Å²) in [6.07, 6.45) is -4.35. The number of rotatable bonds is 5. The fraction of sp³-hybridized carbons (Fsp3) is 0.400. The van der Waals surface area contributed by atoms with E-state index >= 15 is 0 Å². The fourth-order valence-corrected chi connectivity index (χ4v) is 1.66. The normalized spacial score (nSPS) is 11.6. The van der Waals surface area contributed by atoms with Crippen molar-refractivity contribution in [3.05, 3.63) is 28.2 Å². The van der Waals surface area contributed by atoms with Crippen LogP contribution in [0, 0.1) is 0 Å². The number of para-hydroxylation sites is 1. The molecule has 0 amide bonds. The number of halogens is 4. The molecule has 0 aliphatic heterocycles. The monoisotopic (exact) mass is 313 g/mol. The molecule has 1 rings (SSSR count). The van der Waals surface area contributed by atoms with Crippen LogP contribution in [-0.2, 0) is 11.3 Å². The molecule has 0 aliphatic rings. The van der Waals surface area contributed by atoms with Gasteiger partial charge < -0.3 is 15.2 Å². The molecule has 0 bridgehead atoms. The Balaban J connectivity index is 2.52. The van der Waals surface area contributed by atoms with Crippen LogP contribution < -0.4 is 10.5 Å². The highest BCUT2D eigenvalue weighted by Crippen LogP contribution is 2.28. The lowest BCUT2D eigenvalue weighted by atomic mass is 10.2. The van der Waals surface area contributed by atoms with Crippen molar-refractivity contribution in [2.75, 3.05) is 13.4 Å². The maximum atomic E-state index is 11.8. The molecule has 0 aliphatic carbocycles. The van der Waals surface area contributed by atoms with Gasteiger partial charge in [-0.15, -0.1) is 0 Å². The second-order valence-electron chi connectivity index (χ2n) is 3.16. The first-order valence-corrected chi connectivity index (χ1v) is 5.48. The van der Waals surface area contributed by atoms with E-state index in [2.05, 4.69) is 20.7 Å². The SMILES string of the molecule is NCc1cccc(Br)c1OCOCC(F)(F)F. The van der Waals surface area contributed by atoms with E-state index in [1.807, 2.05) is 0 Å². The van der Waals surface area contributed by atoms with E-state index in [-0.39, 0.29) is 6.54 Å². The van der Waals surface area contributed by atoms with E-state index in [9.17, 15) is 13.2 Å². The summed E-state index contributed by atoms with van der Waals surface area (Å²) in [5.41, 5.74) is 6.16. The number of alkyl halides is 3. The van der Waals surface area contributed by atoms with Crippen molar-refractivity contribution in [2.45, 2.75) is 12.7 Å². The topological polar surface area (TPSA) is 44.5 Å². The first kappa shape index (κ1) is 14.3. The van der Waals surface area contributed by atoms with Crippen LogP contribution in [0.5, 0.6) is 5.75 Å². The third-order valence-corrected chi connectivity index (χ3v) is 2.45. The molecular weight excluding hydrogens is 303 g/mol. The van der Waals surface area contributed by atoms with Crippen molar-refractivity contribution in [3.8, 4) is 5.75 Å². The highest BCUT2D eigenvalue weighted by Gasteiger charge is 2.27. The third-order valence-electron chi connectivity index (χ3n) is 1.82. The molecule has 0 fully saturated rings. The Morgan fingerprint density at radius 2 is 2.00 bits per heavy atom. The van der Waals surface area contributed by atoms with Gasteiger partial charge in [-0.3, -0.25) is 0 Å². The quantitative estimate of drug-likeness (QED) is 0.671. The number of nitrogens with two attached hydrogens (primary N) is 1. The van der Waals surface area contributed by atoms with Crippen molar-refractivity contribution < 1.29 is 22.6 Å². The summed E-state index contributed by atoms with van der Waals surface area (Å²) in [5, 5.41) is 0. The van der Waals surface area contributed by atoms with E-state index in [4.69, 9.17) is 10.5 Å². The van der Waals surface area contributed by atoms with Gasteiger partial charge in [-0.05, 0) is 22.0 Å². The molecule has 0 heterocycles. The zero-order chi connectivity index (χ0) is 12.9. The number of hydrogen-bond donors (Lipinski definition) is 1. The molecule has 1 aromatic carbocycles. The van der Waals surface area contributed by atoms with Gasteiger partial charge >= 0.3 is 6.18 Å². The summed E-state index contributed by atoms with van der Waals surface area (Å²) in [4.78, 5) is 0. The second kappa shape index (κ2) is 6.23. The lowest BCUT2D eigenvalue weighted by Crippen LogP contribution is -2.19. The summed E-state index contributed by atoms with van der Waals surface area (Å²) in [5.74, 6) is 0.400. The van der Waals surface area contributed by atoms with E-state index in [1.54, 1.807) is 18.2 Å². The molecule has 0 saturated carbocycles. The lowest BCUT2D eigenvalue weighted by Gasteiger charge is -2.13. The highest BCUT2D eigenvalue weighted by atomic mass is 79.9. The third kappa shape index (κ3) is 4.93. The van der Waals surface area contributed by atoms with Crippen molar-refractivity contribution in [1.29, 1.82) is 0 Å². The van der Waals surface area contributed by atoms with Crippen molar-refractivity contribution in [2.24, 2.45) is 5.73 Å². The molecular formula is C10H11BrF3NO2. The predicted octanol–water partition coefficient (Wildman–Crippen LogP) is 2.82. The Morgan fingerprint density at radius 3 is 2.59 bits per heavy atom. The Morgan fingerprint density at radius 1 is 1.29 bits per heavy atom. The molecule has 0 spiro atoms. The minimum absolute atomic E-state index is 0.230. The molecule has 3 nitrogen and oxygen atoms in total. The Labute approximate surface area is 105 Å². The highest BCUT2D eigenvalue weighted by molar-refractivity contribution is 9.10. The van der Waals surface area contributed by atoms with Gasteiger partial charge in [0.25, 0.3) is 0 Å². The van der Waals surface area contributed by atoms with Gasteiger partial charge in [0.1, 0.15) is 12.4 Å². The largest absolute Gasteiger partial charge is 0.466 e. The van der Waals surface area contributed by atoms with Gasteiger partial charge in [0.2, 0.25) is 0 Å². The molecule has 96 valence electrons. The van der Waals surface area contributed by atoms with Crippen LogP contribution in [-0.4, -0.2) is 19.6 Å². The Kier molecular flexibility index (Phi) is 5.23. The first-order chi connectivity index (χ1) is 7.94. The van der Waals surface area contributed by atoms with Crippen molar-refractivity contribution >= 4 is 15.9 Å². The summed E-state index contributed by atoms with van der Waals surface area (Å²) >= 11 is 3.22. The average molecular weight is 314 g/mol. The second-order valence-corrected chi connectivity index (χ2v) is 4.01. The summed E-state index contributed by atoms with van der Waals surface area (Å²) in [7, 11) is 0. The zero-order valence-corrected chi connectivity index (χ0v) is 10.3. The van der Waals surface area contributed by atoms with Crippen LogP contribution in [0.3, 0.4) is 0 Å². The Bertz CT molecular complexity index is 371. The van der Waals surface area contributed by atoms with Crippen LogP contribution >= 0.6 is 15.9 Å². The molecule has 2 N–H and O–H groups in total. The summed E-state index contributed by atoms with van der Waals surface area (Å²) in [6.45, 7) is -1.58. The van der Waals surface area contributed by atoms with E-state index in [1.165, 1.54) is 0 Å². The summed E-state index contributed by atoms with van der Waals surface area (Å²) in [6, 6.07) is 5.19. The van der Waals surface area contributed by atoms with Crippen LogP contribution in [0.25, 0.3) is 0 Å². The van der Waals surface area contributed by atoms with Gasteiger partial charge in [-0.1, -0.05) is 12.1 Å². The van der Waals surface area contributed by atoms with Gasteiger partial charge in [-0.2, -0.15) is 13.2 Å². The molecule has 0 saturated heterocycles. The average Bonchev–Trinajstić information content (AvgIpc) is 2.24. The van der Waals surface area contributed by atoms with Gasteiger partial charge in [0.15, 0.2) is 6.79 Å². The lowest BCUT2D eigenvalue weighted by molar-refractivity contribution is -0.186. The number of hydrogen-bond acceptors (Lipinski definition) is 3. The molecule has 7 heteroatoms. The Hall–Kier alpha value is -0.790. The maximum Gasteiger partial charge on any atom is 0.411 e. The van der Waals surface area contributed by atoms with E-state index in [0.717, 1.165) is 0 Å². The van der Waals surface area contributed by atoms with Crippen LogP contribution in [0.2, 0.25) is 0 Å². The zero-order valence-electron chi connectivity index (χ0n) is 8.76. The number of benzene rings is 1. The smallest absolute Gasteiger partial charge is 0.411 e. The molecule has 0 unspecified atom stereocenters. The van der Waals surface area contributed by atoms with Gasteiger partial charge in [-0.25, -0.2) is 0 Å². The predicted molar refractivity (Wildman–Crippen MR) is 59.5 cm³/mol. The van der Waals surface area contributed by atoms with Gasteiger partial charge in [0.05, 0.1) is 4.47 Å². The minimum Gasteiger partial charge on any atom is -0.466 e. The van der Waals surface area contributed by atoms with E-state index < -0.39 is 19.6 Å². The number of ether oxygens (including phenoxy) is 2. The van der Waals surface area contributed by atoms with E-state index in [0.29, 0.717) is 15.8 Å². The molecule has 0 atom stereocenters. The first-order valence-electron chi connectivity index (χ1n) is 4.69. The summed E-state index contributed by atoms with van der Waals surface area (Å²) < 4.78 is 45.5. The van der Waals surface area contributed by atoms with Crippen molar-refractivity contribution in [3.63, 3.8) is 0 Å². The van der Waals surface area contributed by atoms with Gasteiger partial charge in [0, 0.05) is 12.1 Å². The van der Waals surface area contributed by atoms with Crippen LogP contribution in [0.15, 0.2) is 22.7 Å². The molecule has 17 heavy (non-hydrogen) atoms. The minimum atomic E-state index is -4.35. The van der Waals surface area contributed by atoms with Crippen LogP contribution in [0.4, 0.5) is 13.2 Å². The maximum absolute atomic E-state index is 11.8. The van der Waals surface area contributed by atoms with Crippen molar-refractivity contribution in [1.82, 2.24) is 0 Å². The van der Waals surface area contributed by atoms with Crippen LogP contribution in [0.1, 0.15) is 5.56 Å².